The lowest BCUT2D eigenvalue weighted by Gasteiger charge is -2.22. The summed E-state index contributed by atoms with van der Waals surface area (Å²) < 4.78 is 9.43. The van der Waals surface area contributed by atoms with Crippen LogP contribution < -0.4 is 0 Å². The fourth-order valence-electron chi connectivity index (χ4n) is 11.4. The summed E-state index contributed by atoms with van der Waals surface area (Å²) in [5.74, 6) is 1.88. The Morgan fingerprint density at radius 2 is 1.05 bits per heavy atom. The maximum atomic E-state index is 6.92. The number of benzene rings is 9. The fraction of sp³-hybridized carbons (Fsp3) is 0.102. The van der Waals surface area contributed by atoms with Gasteiger partial charge in [0.05, 0.1) is 0 Å². The fourth-order valence-corrected chi connectivity index (χ4v) is 12.5. The van der Waals surface area contributed by atoms with Crippen LogP contribution in [0.5, 0.6) is 0 Å². The first-order chi connectivity index (χ1) is 31.2. The van der Waals surface area contributed by atoms with E-state index in [2.05, 4.69) is 185 Å². The minimum Gasteiger partial charge on any atom is -0.456 e. The number of nitrogens with zero attached hydrogens (tertiary/aromatic N) is 3. The van der Waals surface area contributed by atoms with Gasteiger partial charge in [0.15, 0.2) is 17.5 Å². The van der Waals surface area contributed by atoms with E-state index < -0.39 is 0 Å². The van der Waals surface area contributed by atoms with Crippen molar-refractivity contribution in [2.24, 2.45) is 0 Å². The molecule has 64 heavy (non-hydrogen) atoms. The Labute approximate surface area is 373 Å². The summed E-state index contributed by atoms with van der Waals surface area (Å²) in [5, 5.41) is 9.36. The van der Waals surface area contributed by atoms with E-state index in [4.69, 9.17) is 19.4 Å². The van der Waals surface area contributed by atoms with Gasteiger partial charge in [0, 0.05) is 64.0 Å². The summed E-state index contributed by atoms with van der Waals surface area (Å²) in [6, 6.07) is 59.6. The van der Waals surface area contributed by atoms with Crippen molar-refractivity contribution in [2.75, 3.05) is 0 Å². The molecular formula is C59H39N3OS. The van der Waals surface area contributed by atoms with Crippen LogP contribution in [-0.2, 0) is 10.8 Å². The number of aromatic nitrogens is 3. The zero-order valence-electron chi connectivity index (χ0n) is 35.7. The molecule has 2 aliphatic rings. The van der Waals surface area contributed by atoms with Gasteiger partial charge < -0.3 is 4.42 Å². The van der Waals surface area contributed by atoms with Crippen LogP contribution in [0.2, 0.25) is 0 Å². The van der Waals surface area contributed by atoms with Crippen molar-refractivity contribution in [1.29, 1.82) is 0 Å². The van der Waals surface area contributed by atoms with Crippen molar-refractivity contribution in [1.82, 2.24) is 15.0 Å². The highest BCUT2D eigenvalue weighted by atomic mass is 32.1. The largest absolute Gasteiger partial charge is 0.456 e. The van der Waals surface area contributed by atoms with E-state index in [-0.39, 0.29) is 10.8 Å². The molecule has 0 fully saturated rings. The molecule has 0 N–H and O–H groups in total. The standard InChI is InChI=1S/C59H39N3OS/c1-58(2)46-18-10-6-15-39(46)51-38-25-23-32-21-22-33(29-41(32)35(38)26-27-47(51)58)55-60-56(34-24-28-50-42(30-34)37-14-8-12-20-49(37)64-50)62-57(61-55)44-31-43-36-13-5-9-17-45(36)59(3,4)53(43)54-52(44)40-16-7-11-19-48(40)63-54/h5-31H,1-4H3. The Balaban J connectivity index is 1.05. The Kier molecular flexibility index (Phi) is 7.09. The average molecular weight is 838 g/mol. The van der Waals surface area contributed by atoms with Gasteiger partial charge >= 0.3 is 0 Å². The minimum absolute atomic E-state index is 0.0754. The van der Waals surface area contributed by atoms with Crippen molar-refractivity contribution in [3.05, 3.63) is 186 Å². The maximum absolute atomic E-state index is 6.92. The van der Waals surface area contributed by atoms with Gasteiger partial charge in [-0.1, -0.05) is 149 Å². The number of thiophene rings is 1. The molecular weight excluding hydrogens is 799 g/mol. The highest BCUT2D eigenvalue weighted by Crippen LogP contribution is 2.55. The second kappa shape index (κ2) is 12.6. The smallest absolute Gasteiger partial charge is 0.164 e. The molecule has 0 radical (unpaired) electrons. The van der Waals surface area contributed by atoms with E-state index in [1.165, 1.54) is 80.7 Å². The summed E-state index contributed by atoms with van der Waals surface area (Å²) in [6.45, 7) is 9.31. The molecule has 12 aromatic rings. The number of hydrogen-bond acceptors (Lipinski definition) is 5. The van der Waals surface area contributed by atoms with Gasteiger partial charge in [-0.15, -0.1) is 11.3 Å². The first-order valence-electron chi connectivity index (χ1n) is 22.1. The number of fused-ring (bicyclic) bond motifs is 17. The third kappa shape index (κ3) is 4.79. The lowest BCUT2D eigenvalue weighted by molar-refractivity contribution is 0.620. The van der Waals surface area contributed by atoms with Gasteiger partial charge in [0.25, 0.3) is 0 Å². The van der Waals surface area contributed by atoms with Crippen LogP contribution in [0, 0.1) is 0 Å². The van der Waals surface area contributed by atoms with E-state index in [9.17, 15) is 0 Å². The van der Waals surface area contributed by atoms with Crippen molar-refractivity contribution in [2.45, 2.75) is 38.5 Å². The molecule has 3 heterocycles. The Hall–Kier alpha value is -7.47. The highest BCUT2D eigenvalue weighted by Gasteiger charge is 2.40. The van der Waals surface area contributed by atoms with E-state index in [0.29, 0.717) is 17.5 Å². The predicted molar refractivity (Wildman–Crippen MR) is 266 cm³/mol. The summed E-state index contributed by atoms with van der Waals surface area (Å²) >= 11 is 1.82. The molecule has 0 saturated heterocycles. The lowest BCUT2D eigenvalue weighted by atomic mass is 9.81. The Morgan fingerprint density at radius 3 is 1.88 bits per heavy atom. The minimum atomic E-state index is -0.267. The van der Waals surface area contributed by atoms with Crippen molar-refractivity contribution >= 4 is 75.0 Å². The molecule has 5 heteroatoms. The summed E-state index contributed by atoms with van der Waals surface area (Å²) in [6.07, 6.45) is 0. The number of hydrogen-bond donors (Lipinski definition) is 0. The van der Waals surface area contributed by atoms with Crippen molar-refractivity contribution < 1.29 is 4.42 Å². The molecule has 3 aromatic heterocycles. The molecule has 0 aliphatic heterocycles. The van der Waals surface area contributed by atoms with Crippen LogP contribution in [0.3, 0.4) is 0 Å². The van der Waals surface area contributed by atoms with Crippen LogP contribution in [-0.4, -0.2) is 15.0 Å². The predicted octanol–water partition coefficient (Wildman–Crippen LogP) is 16.1. The maximum Gasteiger partial charge on any atom is 0.164 e. The molecule has 302 valence electrons. The molecule has 14 rings (SSSR count). The molecule has 4 nitrogen and oxygen atoms in total. The SMILES string of the molecule is CC1(C)c2ccccc2-c2c1ccc1c2ccc2ccc(-c3nc(-c4ccc5sc6ccccc6c5c4)nc(-c4cc5c(c6oc7ccccc7c46)C(C)(C)c4ccccc4-5)n3)cc21. The van der Waals surface area contributed by atoms with E-state index in [1.807, 2.05) is 17.4 Å². The molecule has 2 aliphatic carbocycles. The first kappa shape index (κ1) is 36.1. The number of para-hydroxylation sites is 1. The van der Waals surface area contributed by atoms with Crippen LogP contribution in [0.25, 0.3) is 120 Å². The van der Waals surface area contributed by atoms with Crippen molar-refractivity contribution in [3.63, 3.8) is 0 Å². The van der Waals surface area contributed by atoms with Crippen molar-refractivity contribution in [3.8, 4) is 56.4 Å². The third-order valence-electron chi connectivity index (χ3n) is 14.5. The molecule has 0 amide bonds. The van der Waals surface area contributed by atoms with Gasteiger partial charge in [-0.2, -0.15) is 0 Å². The van der Waals surface area contributed by atoms with Crippen LogP contribution >= 0.6 is 11.3 Å². The van der Waals surface area contributed by atoms with Gasteiger partial charge in [0.1, 0.15) is 11.2 Å². The van der Waals surface area contributed by atoms with E-state index in [0.717, 1.165) is 44.2 Å². The second-order valence-electron chi connectivity index (χ2n) is 18.7. The summed E-state index contributed by atoms with van der Waals surface area (Å²) in [4.78, 5) is 16.3. The number of rotatable bonds is 3. The third-order valence-corrected chi connectivity index (χ3v) is 15.6. The van der Waals surface area contributed by atoms with Gasteiger partial charge in [-0.25, -0.2) is 15.0 Å². The normalized spacial score (nSPS) is 14.5. The average Bonchev–Trinajstić information content (AvgIpc) is 4.03. The zero-order chi connectivity index (χ0) is 42.6. The first-order valence-corrected chi connectivity index (χ1v) is 22.9. The molecule has 0 saturated carbocycles. The molecule has 0 unspecified atom stereocenters. The quantitative estimate of drug-likeness (QED) is 0.166. The van der Waals surface area contributed by atoms with E-state index >= 15 is 0 Å². The van der Waals surface area contributed by atoms with Crippen LogP contribution in [0.4, 0.5) is 0 Å². The Bertz CT molecular complexity index is 4040. The molecule has 0 atom stereocenters. The highest BCUT2D eigenvalue weighted by molar-refractivity contribution is 7.25. The molecule has 0 spiro atoms. The second-order valence-corrected chi connectivity index (χ2v) is 19.8. The molecule has 0 bridgehead atoms. The van der Waals surface area contributed by atoms with Crippen LogP contribution in [0.1, 0.15) is 49.9 Å². The van der Waals surface area contributed by atoms with Gasteiger partial charge in [-0.05, 0) is 103 Å². The topological polar surface area (TPSA) is 51.8 Å². The zero-order valence-corrected chi connectivity index (χ0v) is 36.6. The van der Waals surface area contributed by atoms with Crippen LogP contribution in [0.15, 0.2) is 168 Å². The number of furan rings is 1. The van der Waals surface area contributed by atoms with Gasteiger partial charge in [0.2, 0.25) is 0 Å². The monoisotopic (exact) mass is 837 g/mol. The summed E-state index contributed by atoms with van der Waals surface area (Å²) in [7, 11) is 0. The molecule has 9 aromatic carbocycles. The lowest BCUT2D eigenvalue weighted by Crippen LogP contribution is -2.15. The van der Waals surface area contributed by atoms with Gasteiger partial charge in [-0.3, -0.25) is 0 Å². The summed E-state index contributed by atoms with van der Waals surface area (Å²) in [5.41, 5.74) is 14.5. The Morgan fingerprint density at radius 1 is 0.422 bits per heavy atom. The van der Waals surface area contributed by atoms with E-state index in [1.54, 1.807) is 0 Å².